The second kappa shape index (κ2) is 6.27. The summed E-state index contributed by atoms with van der Waals surface area (Å²) in [5.74, 6) is 0.567. The van der Waals surface area contributed by atoms with Gasteiger partial charge in [-0.3, -0.25) is 0 Å². The molecule has 0 fully saturated rings. The van der Waals surface area contributed by atoms with Crippen molar-refractivity contribution in [2.75, 3.05) is 12.3 Å². The van der Waals surface area contributed by atoms with Gasteiger partial charge in [-0.2, -0.15) is 0 Å². The largest absolute Gasteiger partial charge is 0.476 e. The van der Waals surface area contributed by atoms with Crippen molar-refractivity contribution >= 4 is 5.69 Å². The zero-order valence-corrected chi connectivity index (χ0v) is 9.62. The Morgan fingerprint density at radius 1 is 1.33 bits per heavy atom. The van der Waals surface area contributed by atoms with Crippen LogP contribution in [0.2, 0.25) is 0 Å². The molecule has 0 radical (unpaired) electrons. The van der Waals surface area contributed by atoms with Crippen LogP contribution < -0.4 is 10.5 Å². The van der Waals surface area contributed by atoms with Crippen molar-refractivity contribution in [3.8, 4) is 5.88 Å². The highest BCUT2D eigenvalue weighted by Crippen LogP contribution is 2.18. The van der Waals surface area contributed by atoms with E-state index in [2.05, 4.69) is 11.9 Å². The average Bonchev–Trinajstić information content (AvgIpc) is 2.20. The maximum absolute atomic E-state index is 5.77. The number of rotatable bonds is 6. The van der Waals surface area contributed by atoms with E-state index in [9.17, 15) is 0 Å². The first-order valence-electron chi connectivity index (χ1n) is 5.59. The molecule has 0 saturated heterocycles. The fourth-order valence-electron chi connectivity index (χ4n) is 1.40. The van der Waals surface area contributed by atoms with Gasteiger partial charge in [0.15, 0.2) is 0 Å². The fourth-order valence-corrected chi connectivity index (χ4v) is 1.40. The van der Waals surface area contributed by atoms with Gasteiger partial charge in [-0.25, -0.2) is 4.98 Å². The molecule has 0 unspecified atom stereocenters. The van der Waals surface area contributed by atoms with E-state index in [-0.39, 0.29) is 0 Å². The van der Waals surface area contributed by atoms with Gasteiger partial charge in [-0.1, -0.05) is 26.2 Å². The normalized spacial score (nSPS) is 10.3. The van der Waals surface area contributed by atoms with Crippen molar-refractivity contribution in [3.63, 3.8) is 0 Å². The lowest BCUT2D eigenvalue weighted by molar-refractivity contribution is 0.295. The quantitative estimate of drug-likeness (QED) is 0.731. The number of nitrogen functional groups attached to an aromatic ring is 1. The van der Waals surface area contributed by atoms with Crippen molar-refractivity contribution in [1.82, 2.24) is 4.98 Å². The predicted octanol–water partition coefficient (Wildman–Crippen LogP) is 2.93. The number of ether oxygens (including phenoxy) is 1. The minimum atomic E-state index is 0.567. The Bertz CT molecular complexity index is 300. The molecular weight excluding hydrogens is 188 g/mol. The summed E-state index contributed by atoms with van der Waals surface area (Å²) in [7, 11) is 0. The lowest BCUT2D eigenvalue weighted by atomic mass is 10.2. The van der Waals surface area contributed by atoms with E-state index in [1.807, 2.05) is 13.0 Å². The number of nitrogens with two attached hydrogens (primary N) is 1. The summed E-state index contributed by atoms with van der Waals surface area (Å²) in [5, 5.41) is 0. The molecule has 0 aromatic carbocycles. The van der Waals surface area contributed by atoms with Crippen LogP contribution >= 0.6 is 0 Å². The molecule has 0 saturated carbocycles. The van der Waals surface area contributed by atoms with Gasteiger partial charge in [0.05, 0.1) is 12.3 Å². The molecule has 1 heterocycles. The molecule has 0 aliphatic carbocycles. The van der Waals surface area contributed by atoms with Crippen LogP contribution in [-0.4, -0.2) is 11.6 Å². The molecular formula is C12H20N2O. The van der Waals surface area contributed by atoms with Crippen molar-refractivity contribution in [3.05, 3.63) is 17.8 Å². The van der Waals surface area contributed by atoms with Gasteiger partial charge in [0.1, 0.15) is 0 Å². The van der Waals surface area contributed by atoms with Gasteiger partial charge in [-0.15, -0.1) is 0 Å². The lowest BCUT2D eigenvalue weighted by Crippen LogP contribution is -2.02. The van der Waals surface area contributed by atoms with Crippen molar-refractivity contribution in [2.45, 2.75) is 39.5 Å². The molecule has 0 spiro atoms. The Morgan fingerprint density at radius 2 is 2.13 bits per heavy atom. The first-order chi connectivity index (χ1) is 7.24. The standard InChI is InChI=1S/C12H20N2O/c1-3-4-5-6-7-15-12-11(13)8-10(2)9-14-12/h8-9H,3-7,13H2,1-2H3. The van der Waals surface area contributed by atoms with Gasteiger partial charge in [-0.05, 0) is 25.0 Å². The number of hydrogen-bond acceptors (Lipinski definition) is 3. The summed E-state index contributed by atoms with van der Waals surface area (Å²) in [6, 6.07) is 1.88. The summed E-state index contributed by atoms with van der Waals surface area (Å²) in [4.78, 5) is 4.15. The Morgan fingerprint density at radius 3 is 2.80 bits per heavy atom. The molecule has 0 aliphatic heterocycles. The SMILES string of the molecule is CCCCCCOc1ncc(C)cc1N. The number of nitrogens with zero attached hydrogens (tertiary/aromatic N) is 1. The summed E-state index contributed by atoms with van der Waals surface area (Å²) in [6.45, 7) is 4.87. The highest BCUT2D eigenvalue weighted by atomic mass is 16.5. The van der Waals surface area contributed by atoms with Crippen LogP contribution in [0.1, 0.15) is 38.2 Å². The number of hydrogen-bond donors (Lipinski definition) is 1. The Labute approximate surface area is 91.7 Å². The first-order valence-corrected chi connectivity index (χ1v) is 5.59. The highest BCUT2D eigenvalue weighted by molar-refractivity contribution is 5.49. The molecule has 0 bridgehead atoms. The summed E-state index contributed by atoms with van der Waals surface area (Å²) >= 11 is 0. The minimum Gasteiger partial charge on any atom is -0.476 e. The van der Waals surface area contributed by atoms with Crippen molar-refractivity contribution in [1.29, 1.82) is 0 Å². The van der Waals surface area contributed by atoms with Gasteiger partial charge in [0, 0.05) is 6.20 Å². The van der Waals surface area contributed by atoms with Gasteiger partial charge in [0.25, 0.3) is 0 Å². The number of anilines is 1. The third kappa shape index (κ3) is 4.19. The van der Waals surface area contributed by atoms with E-state index in [0.717, 1.165) is 12.0 Å². The topological polar surface area (TPSA) is 48.1 Å². The molecule has 1 aromatic rings. The molecule has 1 rings (SSSR count). The maximum Gasteiger partial charge on any atom is 0.237 e. The lowest BCUT2D eigenvalue weighted by Gasteiger charge is -2.07. The second-order valence-corrected chi connectivity index (χ2v) is 3.82. The monoisotopic (exact) mass is 208 g/mol. The molecule has 0 amide bonds. The Hall–Kier alpha value is -1.25. The van der Waals surface area contributed by atoms with Crippen LogP contribution in [0.25, 0.3) is 0 Å². The van der Waals surface area contributed by atoms with E-state index < -0.39 is 0 Å². The molecule has 0 aliphatic rings. The minimum absolute atomic E-state index is 0.567. The predicted molar refractivity (Wildman–Crippen MR) is 63.0 cm³/mol. The van der Waals surface area contributed by atoms with Crippen molar-refractivity contribution < 1.29 is 4.74 Å². The van der Waals surface area contributed by atoms with E-state index in [0.29, 0.717) is 18.2 Å². The van der Waals surface area contributed by atoms with Crippen LogP contribution in [-0.2, 0) is 0 Å². The van der Waals surface area contributed by atoms with E-state index in [4.69, 9.17) is 10.5 Å². The molecule has 3 heteroatoms. The molecule has 84 valence electrons. The van der Waals surface area contributed by atoms with E-state index in [1.165, 1.54) is 19.3 Å². The third-order valence-corrected chi connectivity index (χ3v) is 2.25. The number of aromatic nitrogens is 1. The summed E-state index contributed by atoms with van der Waals surface area (Å²) in [5.41, 5.74) is 7.47. The molecule has 2 N–H and O–H groups in total. The van der Waals surface area contributed by atoms with E-state index in [1.54, 1.807) is 6.20 Å². The molecule has 0 atom stereocenters. The first kappa shape index (κ1) is 11.8. The number of aryl methyl sites for hydroxylation is 1. The molecule has 1 aromatic heterocycles. The Balaban J connectivity index is 2.31. The third-order valence-electron chi connectivity index (χ3n) is 2.25. The molecule has 15 heavy (non-hydrogen) atoms. The maximum atomic E-state index is 5.77. The van der Waals surface area contributed by atoms with Gasteiger partial charge in [0.2, 0.25) is 5.88 Å². The van der Waals surface area contributed by atoms with Crippen LogP contribution in [0, 0.1) is 6.92 Å². The number of unbranched alkanes of at least 4 members (excludes halogenated alkanes) is 3. The van der Waals surface area contributed by atoms with Crippen molar-refractivity contribution in [2.24, 2.45) is 0 Å². The Kier molecular flexibility index (Phi) is 4.95. The van der Waals surface area contributed by atoms with Crippen LogP contribution in [0.4, 0.5) is 5.69 Å². The fraction of sp³-hybridized carbons (Fsp3) is 0.583. The number of pyridine rings is 1. The van der Waals surface area contributed by atoms with E-state index >= 15 is 0 Å². The summed E-state index contributed by atoms with van der Waals surface area (Å²) < 4.78 is 5.50. The highest BCUT2D eigenvalue weighted by Gasteiger charge is 2.01. The zero-order chi connectivity index (χ0) is 11.1. The van der Waals surface area contributed by atoms with Gasteiger partial charge < -0.3 is 10.5 Å². The zero-order valence-electron chi connectivity index (χ0n) is 9.62. The van der Waals surface area contributed by atoms with Crippen LogP contribution in [0.3, 0.4) is 0 Å². The smallest absolute Gasteiger partial charge is 0.237 e. The summed E-state index contributed by atoms with van der Waals surface area (Å²) in [6.07, 6.45) is 6.56. The van der Waals surface area contributed by atoms with Crippen LogP contribution in [0.15, 0.2) is 12.3 Å². The second-order valence-electron chi connectivity index (χ2n) is 3.82. The van der Waals surface area contributed by atoms with Crippen LogP contribution in [0.5, 0.6) is 5.88 Å². The van der Waals surface area contributed by atoms with Gasteiger partial charge >= 0.3 is 0 Å². The molecule has 3 nitrogen and oxygen atoms in total. The average molecular weight is 208 g/mol.